The summed E-state index contributed by atoms with van der Waals surface area (Å²) >= 11 is 0. The average Bonchev–Trinajstić information content (AvgIpc) is 2.87. The molecule has 1 aliphatic heterocycles. The van der Waals surface area contributed by atoms with Crippen molar-refractivity contribution in [2.75, 3.05) is 6.54 Å². The van der Waals surface area contributed by atoms with Gasteiger partial charge in [0.25, 0.3) is 0 Å². The second-order valence-electron chi connectivity index (χ2n) is 4.78. The highest BCUT2D eigenvalue weighted by Crippen LogP contribution is 2.23. The first kappa shape index (κ1) is 12.9. The smallest absolute Gasteiger partial charge is 0.240 e. The molecule has 1 aromatic rings. The number of amides is 1. The first-order valence-corrected chi connectivity index (χ1v) is 6.48. The van der Waals surface area contributed by atoms with Crippen molar-refractivity contribution < 1.29 is 9.90 Å². The Hall–Kier alpha value is -1.55. The minimum absolute atomic E-state index is 0.0331. The van der Waals surface area contributed by atoms with Gasteiger partial charge in [0.05, 0.1) is 5.54 Å². The lowest BCUT2D eigenvalue weighted by Gasteiger charge is -2.26. The van der Waals surface area contributed by atoms with Crippen LogP contribution in [-0.2, 0) is 11.3 Å². The monoisotopic (exact) mass is 248 g/mol. The molecule has 1 atom stereocenters. The van der Waals surface area contributed by atoms with Crippen molar-refractivity contribution >= 4 is 5.91 Å². The summed E-state index contributed by atoms with van der Waals surface area (Å²) in [5.74, 6) is 0.258. The zero-order valence-electron chi connectivity index (χ0n) is 10.7. The molecule has 1 aliphatic rings. The van der Waals surface area contributed by atoms with E-state index >= 15 is 0 Å². The first-order valence-electron chi connectivity index (χ1n) is 6.48. The highest BCUT2D eigenvalue weighted by atomic mass is 16.3. The predicted octanol–water partition coefficient (Wildman–Crippen LogP) is 1.54. The molecule has 0 bridgehead atoms. The number of aromatic hydroxyl groups is 1. The van der Waals surface area contributed by atoms with Gasteiger partial charge in [-0.3, -0.25) is 4.79 Å². The van der Waals surface area contributed by atoms with Crippen LogP contribution in [0, 0.1) is 0 Å². The van der Waals surface area contributed by atoms with Crippen LogP contribution >= 0.6 is 0 Å². The van der Waals surface area contributed by atoms with Gasteiger partial charge in [-0.25, -0.2) is 0 Å². The normalized spacial score (nSPS) is 22.9. The summed E-state index contributed by atoms with van der Waals surface area (Å²) < 4.78 is 0. The van der Waals surface area contributed by atoms with Crippen LogP contribution in [0.15, 0.2) is 24.3 Å². The van der Waals surface area contributed by atoms with Gasteiger partial charge in [-0.05, 0) is 31.9 Å². The highest BCUT2D eigenvalue weighted by Gasteiger charge is 2.38. The molecule has 1 heterocycles. The molecule has 4 nitrogen and oxygen atoms in total. The molecular weight excluding hydrogens is 228 g/mol. The Morgan fingerprint density at radius 3 is 2.89 bits per heavy atom. The molecule has 3 N–H and O–H groups in total. The van der Waals surface area contributed by atoms with E-state index in [1.165, 1.54) is 0 Å². The molecule has 1 saturated heterocycles. The zero-order valence-corrected chi connectivity index (χ0v) is 10.7. The largest absolute Gasteiger partial charge is 0.508 e. The van der Waals surface area contributed by atoms with Crippen LogP contribution in [0.25, 0.3) is 0 Å². The SMILES string of the molecule is CCC1(C(=O)NCc2ccccc2O)CCCN1. The number of hydrogen-bond acceptors (Lipinski definition) is 3. The number of phenols is 1. The quantitative estimate of drug-likeness (QED) is 0.757. The van der Waals surface area contributed by atoms with Crippen molar-refractivity contribution in [3.8, 4) is 5.75 Å². The molecule has 18 heavy (non-hydrogen) atoms. The van der Waals surface area contributed by atoms with E-state index in [2.05, 4.69) is 10.6 Å². The van der Waals surface area contributed by atoms with Gasteiger partial charge in [0.15, 0.2) is 0 Å². The molecule has 4 heteroatoms. The Balaban J connectivity index is 1.98. The lowest BCUT2D eigenvalue weighted by molar-refractivity contribution is -0.127. The minimum Gasteiger partial charge on any atom is -0.508 e. The zero-order chi connectivity index (χ0) is 13.0. The Morgan fingerprint density at radius 2 is 2.28 bits per heavy atom. The molecular formula is C14H20N2O2. The van der Waals surface area contributed by atoms with E-state index in [-0.39, 0.29) is 11.7 Å². The van der Waals surface area contributed by atoms with Crippen molar-refractivity contribution in [1.29, 1.82) is 0 Å². The maximum atomic E-state index is 12.2. The molecule has 98 valence electrons. The lowest BCUT2D eigenvalue weighted by Crippen LogP contribution is -2.52. The fraction of sp³-hybridized carbons (Fsp3) is 0.500. The number of para-hydroxylation sites is 1. The third kappa shape index (κ3) is 2.48. The summed E-state index contributed by atoms with van der Waals surface area (Å²) in [5, 5.41) is 15.9. The average molecular weight is 248 g/mol. The number of benzene rings is 1. The predicted molar refractivity (Wildman–Crippen MR) is 70.2 cm³/mol. The van der Waals surface area contributed by atoms with Gasteiger partial charge >= 0.3 is 0 Å². The van der Waals surface area contributed by atoms with Gasteiger partial charge < -0.3 is 15.7 Å². The summed E-state index contributed by atoms with van der Waals surface area (Å²) in [7, 11) is 0. The maximum absolute atomic E-state index is 12.2. The van der Waals surface area contributed by atoms with E-state index in [1.54, 1.807) is 12.1 Å². The molecule has 0 radical (unpaired) electrons. The molecule has 1 fully saturated rings. The van der Waals surface area contributed by atoms with Gasteiger partial charge in [-0.15, -0.1) is 0 Å². The number of carbonyl (C=O) groups is 1. The molecule has 0 aliphatic carbocycles. The molecule has 1 aromatic carbocycles. The Morgan fingerprint density at radius 1 is 1.50 bits per heavy atom. The van der Waals surface area contributed by atoms with E-state index in [1.807, 2.05) is 19.1 Å². The van der Waals surface area contributed by atoms with Crippen molar-refractivity contribution in [3.05, 3.63) is 29.8 Å². The Bertz CT molecular complexity index is 426. The van der Waals surface area contributed by atoms with Gasteiger partial charge in [-0.1, -0.05) is 25.1 Å². The van der Waals surface area contributed by atoms with Crippen molar-refractivity contribution in [2.45, 2.75) is 38.3 Å². The summed E-state index contributed by atoms with van der Waals surface area (Å²) in [6.07, 6.45) is 2.72. The van der Waals surface area contributed by atoms with E-state index in [0.717, 1.165) is 31.4 Å². The first-order chi connectivity index (χ1) is 8.68. The number of phenolic OH excluding ortho intramolecular Hbond substituents is 1. The van der Waals surface area contributed by atoms with Crippen molar-refractivity contribution in [3.63, 3.8) is 0 Å². The van der Waals surface area contributed by atoms with Crippen LogP contribution in [0.3, 0.4) is 0 Å². The standard InChI is InChI=1S/C14H20N2O2/c1-2-14(8-5-9-16-14)13(18)15-10-11-6-3-4-7-12(11)17/h3-4,6-7,16-17H,2,5,8-10H2,1H3,(H,15,18). The maximum Gasteiger partial charge on any atom is 0.240 e. The molecule has 0 spiro atoms. The number of carbonyl (C=O) groups excluding carboxylic acids is 1. The van der Waals surface area contributed by atoms with Gasteiger partial charge in [0.2, 0.25) is 5.91 Å². The van der Waals surface area contributed by atoms with Gasteiger partial charge in [0.1, 0.15) is 5.75 Å². The number of rotatable bonds is 4. The third-order valence-electron chi connectivity index (χ3n) is 3.71. The van der Waals surface area contributed by atoms with Crippen LogP contribution in [0.4, 0.5) is 0 Å². The number of hydrogen-bond donors (Lipinski definition) is 3. The topological polar surface area (TPSA) is 61.4 Å². The van der Waals surface area contributed by atoms with Gasteiger partial charge in [0, 0.05) is 12.1 Å². The molecule has 1 amide bonds. The van der Waals surface area contributed by atoms with Crippen molar-refractivity contribution in [1.82, 2.24) is 10.6 Å². The van der Waals surface area contributed by atoms with Crippen LogP contribution < -0.4 is 10.6 Å². The lowest BCUT2D eigenvalue weighted by atomic mass is 9.93. The Kier molecular flexibility index (Phi) is 3.87. The summed E-state index contributed by atoms with van der Waals surface area (Å²) in [6, 6.07) is 7.07. The molecule has 2 rings (SSSR count). The summed E-state index contributed by atoms with van der Waals surface area (Å²) in [6.45, 7) is 3.30. The molecule has 0 aromatic heterocycles. The summed E-state index contributed by atoms with van der Waals surface area (Å²) in [4.78, 5) is 12.2. The van der Waals surface area contributed by atoms with Crippen LogP contribution in [-0.4, -0.2) is 23.1 Å². The second-order valence-corrected chi connectivity index (χ2v) is 4.78. The highest BCUT2D eigenvalue weighted by molar-refractivity contribution is 5.86. The van der Waals surface area contributed by atoms with Crippen LogP contribution in [0.1, 0.15) is 31.7 Å². The minimum atomic E-state index is -0.412. The van der Waals surface area contributed by atoms with E-state index in [0.29, 0.717) is 6.54 Å². The van der Waals surface area contributed by atoms with E-state index in [4.69, 9.17) is 0 Å². The van der Waals surface area contributed by atoms with Crippen molar-refractivity contribution in [2.24, 2.45) is 0 Å². The van der Waals surface area contributed by atoms with Crippen LogP contribution in [0.5, 0.6) is 5.75 Å². The summed E-state index contributed by atoms with van der Waals surface area (Å²) in [5.41, 5.74) is 0.333. The fourth-order valence-corrected chi connectivity index (χ4v) is 2.47. The Labute approximate surface area is 107 Å². The third-order valence-corrected chi connectivity index (χ3v) is 3.71. The molecule has 1 unspecified atom stereocenters. The molecule has 0 saturated carbocycles. The van der Waals surface area contributed by atoms with Crippen LogP contribution in [0.2, 0.25) is 0 Å². The number of nitrogens with one attached hydrogen (secondary N) is 2. The van der Waals surface area contributed by atoms with E-state index < -0.39 is 5.54 Å². The van der Waals surface area contributed by atoms with E-state index in [9.17, 15) is 9.90 Å². The second kappa shape index (κ2) is 5.40. The fourth-order valence-electron chi connectivity index (χ4n) is 2.47. The van der Waals surface area contributed by atoms with Gasteiger partial charge in [-0.2, -0.15) is 0 Å².